The van der Waals surface area contributed by atoms with Gasteiger partial charge in [-0.1, -0.05) is 11.6 Å². The summed E-state index contributed by atoms with van der Waals surface area (Å²) in [6, 6.07) is 7.70. The van der Waals surface area contributed by atoms with E-state index >= 15 is 0 Å². The Bertz CT molecular complexity index is 1010. The van der Waals surface area contributed by atoms with Crippen LogP contribution in [-0.4, -0.2) is 58.9 Å². The number of hydrogen-bond donors (Lipinski definition) is 0. The number of hydrogen-bond acceptors (Lipinski definition) is 5. The molecule has 0 unspecified atom stereocenters. The van der Waals surface area contributed by atoms with E-state index in [1.807, 2.05) is 42.3 Å². The van der Waals surface area contributed by atoms with Gasteiger partial charge in [0.2, 0.25) is 5.91 Å². The second kappa shape index (κ2) is 7.67. The van der Waals surface area contributed by atoms with Gasteiger partial charge in [-0.25, -0.2) is 4.98 Å². The highest BCUT2D eigenvalue weighted by atomic mass is 35.5. The molecule has 1 fully saturated rings. The summed E-state index contributed by atoms with van der Waals surface area (Å²) in [4.78, 5) is 21.1. The zero-order chi connectivity index (χ0) is 19.7. The van der Waals surface area contributed by atoms with Crippen LogP contribution in [0.25, 0.3) is 11.0 Å². The molecule has 1 amide bonds. The molecule has 3 heterocycles. The van der Waals surface area contributed by atoms with E-state index in [2.05, 4.69) is 15.0 Å². The van der Waals surface area contributed by atoms with Crippen LogP contribution in [0.3, 0.4) is 0 Å². The largest absolute Gasteiger partial charge is 0.495 e. The summed E-state index contributed by atoms with van der Waals surface area (Å²) in [7, 11) is 1.61. The molecule has 8 heteroatoms. The summed E-state index contributed by atoms with van der Waals surface area (Å²) in [5, 5.41) is 6.00. The standard InChI is InChI=1S/C20H22ClN5O2/c1-14-5-6-22-20-16(14)12-26(23-20)13-19(27)25-9-7-24(8-10-25)15-3-4-17(21)18(11-15)28-2/h3-6,11-12H,7-10,13H2,1-2H3. The van der Waals surface area contributed by atoms with E-state index in [1.54, 1.807) is 18.0 Å². The molecule has 0 spiro atoms. The number of ether oxygens (including phenoxy) is 1. The van der Waals surface area contributed by atoms with Gasteiger partial charge < -0.3 is 14.5 Å². The molecule has 2 aromatic heterocycles. The predicted molar refractivity (Wildman–Crippen MR) is 109 cm³/mol. The molecule has 7 nitrogen and oxygen atoms in total. The average molecular weight is 400 g/mol. The van der Waals surface area contributed by atoms with Crippen molar-refractivity contribution in [1.82, 2.24) is 19.7 Å². The van der Waals surface area contributed by atoms with Crippen LogP contribution < -0.4 is 9.64 Å². The fourth-order valence-corrected chi connectivity index (χ4v) is 3.67. The van der Waals surface area contributed by atoms with Gasteiger partial charge in [0.1, 0.15) is 12.3 Å². The van der Waals surface area contributed by atoms with E-state index in [1.165, 1.54) is 0 Å². The van der Waals surface area contributed by atoms with Crippen molar-refractivity contribution in [1.29, 1.82) is 0 Å². The number of pyridine rings is 1. The molecule has 146 valence electrons. The molecule has 1 saturated heterocycles. The lowest BCUT2D eigenvalue weighted by molar-refractivity contribution is -0.132. The van der Waals surface area contributed by atoms with Crippen molar-refractivity contribution in [2.45, 2.75) is 13.5 Å². The number of nitrogens with zero attached hydrogens (tertiary/aromatic N) is 5. The fraction of sp³-hybridized carbons (Fsp3) is 0.350. The molecule has 0 saturated carbocycles. The first-order valence-corrected chi connectivity index (χ1v) is 9.58. The molecule has 4 rings (SSSR count). The number of halogens is 1. The van der Waals surface area contributed by atoms with E-state index in [4.69, 9.17) is 16.3 Å². The van der Waals surface area contributed by atoms with Crippen LogP contribution >= 0.6 is 11.6 Å². The van der Waals surface area contributed by atoms with Gasteiger partial charge in [-0.15, -0.1) is 0 Å². The monoisotopic (exact) mass is 399 g/mol. The van der Waals surface area contributed by atoms with Crippen LogP contribution in [0.4, 0.5) is 5.69 Å². The lowest BCUT2D eigenvalue weighted by Gasteiger charge is -2.36. The Morgan fingerprint density at radius 2 is 2.00 bits per heavy atom. The smallest absolute Gasteiger partial charge is 0.244 e. The third kappa shape index (κ3) is 3.62. The highest BCUT2D eigenvalue weighted by Gasteiger charge is 2.22. The normalized spacial score (nSPS) is 14.5. The minimum atomic E-state index is 0.0683. The van der Waals surface area contributed by atoms with E-state index < -0.39 is 0 Å². The number of piperazine rings is 1. The maximum Gasteiger partial charge on any atom is 0.244 e. The van der Waals surface area contributed by atoms with Crippen LogP contribution in [0.5, 0.6) is 5.75 Å². The number of carbonyl (C=O) groups excluding carboxylic acids is 1. The van der Waals surface area contributed by atoms with E-state index in [9.17, 15) is 4.79 Å². The van der Waals surface area contributed by atoms with Crippen molar-refractivity contribution in [2.24, 2.45) is 0 Å². The number of benzene rings is 1. The molecule has 0 radical (unpaired) electrons. The average Bonchev–Trinajstić information content (AvgIpc) is 3.12. The molecular formula is C20H22ClN5O2. The summed E-state index contributed by atoms with van der Waals surface area (Å²) >= 11 is 6.11. The van der Waals surface area contributed by atoms with Crippen LogP contribution in [-0.2, 0) is 11.3 Å². The second-order valence-electron chi connectivity index (χ2n) is 6.88. The maximum atomic E-state index is 12.7. The summed E-state index contributed by atoms with van der Waals surface area (Å²) in [5.41, 5.74) is 2.83. The molecule has 3 aromatic rings. The Morgan fingerprint density at radius 1 is 1.21 bits per heavy atom. The number of methoxy groups -OCH3 is 1. The van der Waals surface area contributed by atoms with Crippen LogP contribution in [0.1, 0.15) is 5.56 Å². The fourth-order valence-electron chi connectivity index (χ4n) is 3.47. The number of rotatable bonds is 4. The molecular weight excluding hydrogens is 378 g/mol. The Morgan fingerprint density at radius 3 is 2.71 bits per heavy atom. The van der Waals surface area contributed by atoms with Gasteiger partial charge in [0.25, 0.3) is 0 Å². The first-order valence-electron chi connectivity index (χ1n) is 9.20. The number of aromatic nitrogens is 3. The van der Waals surface area contributed by atoms with Crippen molar-refractivity contribution in [2.75, 3.05) is 38.2 Å². The lowest BCUT2D eigenvalue weighted by Crippen LogP contribution is -2.49. The minimum absolute atomic E-state index is 0.0683. The second-order valence-corrected chi connectivity index (χ2v) is 7.29. The molecule has 1 aliphatic heterocycles. The number of aryl methyl sites for hydroxylation is 1. The minimum Gasteiger partial charge on any atom is -0.495 e. The molecule has 0 bridgehead atoms. The summed E-state index contributed by atoms with van der Waals surface area (Å²) < 4.78 is 6.98. The van der Waals surface area contributed by atoms with Crippen molar-refractivity contribution in [3.8, 4) is 5.75 Å². The topological polar surface area (TPSA) is 63.5 Å². The molecule has 1 aromatic carbocycles. The maximum absolute atomic E-state index is 12.7. The Labute approximate surface area is 168 Å². The number of amides is 1. The van der Waals surface area contributed by atoms with Gasteiger partial charge in [-0.3, -0.25) is 9.48 Å². The third-order valence-electron chi connectivity index (χ3n) is 5.12. The van der Waals surface area contributed by atoms with E-state index in [0.717, 1.165) is 29.7 Å². The molecule has 28 heavy (non-hydrogen) atoms. The number of anilines is 1. The molecule has 0 atom stereocenters. The van der Waals surface area contributed by atoms with E-state index in [-0.39, 0.29) is 12.5 Å². The van der Waals surface area contributed by atoms with Gasteiger partial charge in [-0.2, -0.15) is 5.10 Å². The molecule has 0 N–H and O–H groups in total. The number of carbonyl (C=O) groups is 1. The van der Waals surface area contributed by atoms with Crippen molar-refractivity contribution in [3.63, 3.8) is 0 Å². The van der Waals surface area contributed by atoms with Gasteiger partial charge in [0.15, 0.2) is 5.65 Å². The number of fused-ring (bicyclic) bond motifs is 1. The van der Waals surface area contributed by atoms with Gasteiger partial charge >= 0.3 is 0 Å². The van der Waals surface area contributed by atoms with E-state index in [0.29, 0.717) is 29.5 Å². The van der Waals surface area contributed by atoms with Crippen LogP contribution in [0.15, 0.2) is 36.7 Å². The third-order valence-corrected chi connectivity index (χ3v) is 5.43. The van der Waals surface area contributed by atoms with Crippen molar-refractivity contribution in [3.05, 3.63) is 47.2 Å². The summed E-state index contributed by atoms with van der Waals surface area (Å²) in [6.45, 7) is 5.10. The summed E-state index contributed by atoms with van der Waals surface area (Å²) in [6.07, 6.45) is 3.63. The zero-order valence-electron chi connectivity index (χ0n) is 15.9. The Hall–Kier alpha value is -2.80. The summed E-state index contributed by atoms with van der Waals surface area (Å²) in [5.74, 6) is 0.728. The van der Waals surface area contributed by atoms with Crippen LogP contribution in [0, 0.1) is 6.92 Å². The highest BCUT2D eigenvalue weighted by molar-refractivity contribution is 6.32. The Kier molecular flexibility index (Phi) is 5.09. The first kappa shape index (κ1) is 18.6. The van der Waals surface area contributed by atoms with Crippen molar-refractivity contribution >= 4 is 34.2 Å². The van der Waals surface area contributed by atoms with Crippen LogP contribution in [0.2, 0.25) is 5.02 Å². The van der Waals surface area contributed by atoms with Gasteiger partial charge in [0.05, 0.1) is 12.1 Å². The molecule has 0 aliphatic carbocycles. The molecule has 1 aliphatic rings. The lowest BCUT2D eigenvalue weighted by atomic mass is 10.2. The predicted octanol–water partition coefficient (Wildman–Crippen LogP) is 2.75. The quantitative estimate of drug-likeness (QED) is 0.675. The zero-order valence-corrected chi connectivity index (χ0v) is 16.7. The van der Waals surface area contributed by atoms with Gasteiger partial charge in [-0.05, 0) is 30.7 Å². The highest BCUT2D eigenvalue weighted by Crippen LogP contribution is 2.29. The first-order chi connectivity index (χ1) is 13.5. The Balaban J connectivity index is 1.39. The SMILES string of the molecule is COc1cc(N2CCN(C(=O)Cn3cc4c(C)ccnc4n3)CC2)ccc1Cl. The van der Waals surface area contributed by atoms with Crippen molar-refractivity contribution < 1.29 is 9.53 Å². The van der Waals surface area contributed by atoms with Gasteiger partial charge in [0, 0.05) is 55.7 Å².